The minimum Gasteiger partial charge on any atom is -0.376 e. The molecule has 0 aromatic rings. The number of nitrogens with zero attached hydrogens (tertiary/aromatic N) is 1. The molecular formula is C11H18N2O3. The summed E-state index contributed by atoms with van der Waals surface area (Å²) in [6.45, 7) is 4.07. The van der Waals surface area contributed by atoms with Gasteiger partial charge in [0.25, 0.3) is 0 Å². The van der Waals surface area contributed by atoms with Gasteiger partial charge in [-0.1, -0.05) is 0 Å². The summed E-state index contributed by atoms with van der Waals surface area (Å²) in [6.07, 6.45) is 2.31. The van der Waals surface area contributed by atoms with Gasteiger partial charge in [-0.15, -0.1) is 0 Å². The van der Waals surface area contributed by atoms with Crippen LogP contribution in [-0.2, 0) is 14.3 Å². The van der Waals surface area contributed by atoms with Crippen LogP contribution in [0.1, 0.15) is 19.8 Å². The van der Waals surface area contributed by atoms with Gasteiger partial charge in [0.2, 0.25) is 11.8 Å². The van der Waals surface area contributed by atoms with Crippen molar-refractivity contribution in [1.29, 1.82) is 0 Å². The molecule has 0 bridgehead atoms. The van der Waals surface area contributed by atoms with Gasteiger partial charge in [0.1, 0.15) is 0 Å². The lowest BCUT2D eigenvalue weighted by molar-refractivity contribution is -0.141. The molecule has 0 saturated carbocycles. The van der Waals surface area contributed by atoms with Gasteiger partial charge < -0.3 is 15.0 Å². The molecule has 2 saturated heterocycles. The molecule has 0 spiro atoms. The molecule has 0 aromatic carbocycles. The van der Waals surface area contributed by atoms with Crippen LogP contribution in [0.3, 0.4) is 0 Å². The van der Waals surface area contributed by atoms with Crippen LogP contribution in [0.2, 0.25) is 0 Å². The Hall–Kier alpha value is -1.10. The molecule has 5 nitrogen and oxygen atoms in total. The van der Waals surface area contributed by atoms with Crippen molar-refractivity contribution in [2.75, 3.05) is 26.2 Å². The molecule has 0 radical (unpaired) electrons. The van der Waals surface area contributed by atoms with Crippen LogP contribution in [0, 0.1) is 5.92 Å². The first-order valence-electron chi connectivity index (χ1n) is 5.81. The zero-order valence-electron chi connectivity index (χ0n) is 9.57. The van der Waals surface area contributed by atoms with Crippen molar-refractivity contribution >= 4 is 11.8 Å². The first-order valence-corrected chi connectivity index (χ1v) is 5.81. The van der Waals surface area contributed by atoms with Crippen molar-refractivity contribution in [3.63, 3.8) is 0 Å². The van der Waals surface area contributed by atoms with E-state index in [-0.39, 0.29) is 23.8 Å². The van der Waals surface area contributed by atoms with Crippen molar-refractivity contribution in [2.24, 2.45) is 5.92 Å². The average Bonchev–Trinajstić information content (AvgIpc) is 2.63. The fraction of sp³-hybridized carbons (Fsp3) is 0.818. The number of carbonyl (C=O) groups is 2. The Balaban J connectivity index is 1.64. The highest BCUT2D eigenvalue weighted by Crippen LogP contribution is 2.16. The Labute approximate surface area is 95.1 Å². The summed E-state index contributed by atoms with van der Waals surface area (Å²) >= 11 is 0. The third-order valence-corrected chi connectivity index (χ3v) is 3.23. The maximum atomic E-state index is 11.6. The third kappa shape index (κ3) is 2.52. The number of hydrogen-bond donors (Lipinski definition) is 1. The summed E-state index contributed by atoms with van der Waals surface area (Å²) in [4.78, 5) is 24.3. The number of hydrogen-bond acceptors (Lipinski definition) is 3. The lowest BCUT2D eigenvalue weighted by Crippen LogP contribution is -2.55. The quantitative estimate of drug-likeness (QED) is 0.722. The second-order valence-electron chi connectivity index (χ2n) is 4.50. The highest BCUT2D eigenvalue weighted by atomic mass is 16.5. The smallest absolute Gasteiger partial charge is 0.226 e. The lowest BCUT2D eigenvalue weighted by atomic mass is 9.99. The van der Waals surface area contributed by atoms with Crippen LogP contribution in [0.15, 0.2) is 0 Å². The molecule has 2 amide bonds. The first-order chi connectivity index (χ1) is 7.66. The van der Waals surface area contributed by atoms with Gasteiger partial charge in [0, 0.05) is 33.2 Å². The first kappa shape index (κ1) is 11.4. The van der Waals surface area contributed by atoms with E-state index in [0.29, 0.717) is 19.6 Å². The van der Waals surface area contributed by atoms with Gasteiger partial charge in [-0.05, 0) is 12.8 Å². The van der Waals surface area contributed by atoms with Crippen LogP contribution in [-0.4, -0.2) is 49.1 Å². The van der Waals surface area contributed by atoms with E-state index in [1.807, 2.05) is 0 Å². The highest BCUT2D eigenvalue weighted by molar-refractivity contribution is 5.83. The topological polar surface area (TPSA) is 58.6 Å². The Bertz CT molecular complexity index is 281. The SMILES string of the molecule is CC(=O)N1CC(C(=O)NCC2CCCO2)C1. The summed E-state index contributed by atoms with van der Waals surface area (Å²) in [5.74, 6) is 0.0708. The van der Waals surface area contributed by atoms with E-state index in [1.165, 1.54) is 6.92 Å². The molecule has 1 atom stereocenters. The normalized spacial score (nSPS) is 25.3. The fourth-order valence-electron chi connectivity index (χ4n) is 2.07. The second-order valence-corrected chi connectivity index (χ2v) is 4.50. The number of likely N-dealkylation sites (tertiary alicyclic amines) is 1. The minimum atomic E-state index is -0.0229. The molecule has 2 heterocycles. The molecule has 90 valence electrons. The van der Waals surface area contributed by atoms with Crippen LogP contribution < -0.4 is 5.32 Å². The molecule has 2 rings (SSSR count). The molecule has 1 N–H and O–H groups in total. The van der Waals surface area contributed by atoms with E-state index in [0.717, 1.165) is 19.4 Å². The number of rotatable bonds is 3. The predicted molar refractivity (Wildman–Crippen MR) is 57.7 cm³/mol. The zero-order valence-corrected chi connectivity index (χ0v) is 9.57. The van der Waals surface area contributed by atoms with E-state index in [2.05, 4.69) is 5.32 Å². The molecule has 2 aliphatic rings. The molecule has 0 aromatic heterocycles. The van der Waals surface area contributed by atoms with Crippen LogP contribution in [0.5, 0.6) is 0 Å². The van der Waals surface area contributed by atoms with Gasteiger partial charge >= 0.3 is 0 Å². The Morgan fingerprint density at radius 3 is 2.75 bits per heavy atom. The van der Waals surface area contributed by atoms with Crippen LogP contribution in [0.25, 0.3) is 0 Å². The maximum absolute atomic E-state index is 11.6. The van der Waals surface area contributed by atoms with Crippen molar-refractivity contribution in [2.45, 2.75) is 25.9 Å². The largest absolute Gasteiger partial charge is 0.376 e. The van der Waals surface area contributed by atoms with Crippen LogP contribution >= 0.6 is 0 Å². The molecule has 2 aliphatic heterocycles. The standard InChI is InChI=1S/C11H18N2O3/c1-8(14)13-6-9(7-13)11(15)12-5-10-3-2-4-16-10/h9-10H,2-7H2,1H3,(H,12,15). The van der Waals surface area contributed by atoms with Crippen molar-refractivity contribution < 1.29 is 14.3 Å². The number of nitrogens with one attached hydrogen (secondary N) is 1. The van der Waals surface area contributed by atoms with Crippen molar-refractivity contribution in [3.8, 4) is 0 Å². The molecule has 5 heteroatoms. The van der Waals surface area contributed by atoms with Crippen LogP contribution in [0.4, 0.5) is 0 Å². The monoisotopic (exact) mass is 226 g/mol. The second kappa shape index (κ2) is 4.82. The highest BCUT2D eigenvalue weighted by Gasteiger charge is 2.34. The van der Waals surface area contributed by atoms with Crippen molar-refractivity contribution in [3.05, 3.63) is 0 Å². The Kier molecular flexibility index (Phi) is 3.43. The average molecular weight is 226 g/mol. The number of ether oxygens (including phenoxy) is 1. The molecule has 1 unspecified atom stereocenters. The van der Waals surface area contributed by atoms with Gasteiger partial charge in [0.05, 0.1) is 12.0 Å². The Morgan fingerprint density at radius 1 is 1.44 bits per heavy atom. The van der Waals surface area contributed by atoms with E-state index >= 15 is 0 Å². The molecule has 2 fully saturated rings. The van der Waals surface area contributed by atoms with Crippen molar-refractivity contribution in [1.82, 2.24) is 10.2 Å². The minimum absolute atomic E-state index is 0.0229. The Morgan fingerprint density at radius 2 is 2.19 bits per heavy atom. The molecule has 0 aliphatic carbocycles. The summed E-state index contributed by atoms with van der Waals surface area (Å²) in [5, 5.41) is 2.88. The molecule has 16 heavy (non-hydrogen) atoms. The van der Waals surface area contributed by atoms with Gasteiger partial charge in [-0.3, -0.25) is 9.59 Å². The molecular weight excluding hydrogens is 208 g/mol. The summed E-state index contributed by atoms with van der Waals surface area (Å²) in [5.41, 5.74) is 0. The van der Waals surface area contributed by atoms with E-state index in [1.54, 1.807) is 4.90 Å². The summed E-state index contributed by atoms with van der Waals surface area (Å²) in [6, 6.07) is 0. The van der Waals surface area contributed by atoms with Gasteiger partial charge in [-0.25, -0.2) is 0 Å². The third-order valence-electron chi connectivity index (χ3n) is 3.23. The zero-order chi connectivity index (χ0) is 11.5. The maximum Gasteiger partial charge on any atom is 0.226 e. The lowest BCUT2D eigenvalue weighted by Gasteiger charge is -2.37. The van der Waals surface area contributed by atoms with E-state index in [9.17, 15) is 9.59 Å². The summed E-state index contributed by atoms with van der Waals surface area (Å²) < 4.78 is 5.41. The van der Waals surface area contributed by atoms with E-state index in [4.69, 9.17) is 4.74 Å². The number of carbonyl (C=O) groups excluding carboxylic acids is 2. The fourth-order valence-corrected chi connectivity index (χ4v) is 2.07. The van der Waals surface area contributed by atoms with Gasteiger partial charge in [0.15, 0.2) is 0 Å². The van der Waals surface area contributed by atoms with E-state index < -0.39 is 0 Å². The van der Waals surface area contributed by atoms with Gasteiger partial charge in [-0.2, -0.15) is 0 Å². The predicted octanol–water partition coefficient (Wildman–Crippen LogP) is -0.240. The summed E-state index contributed by atoms with van der Waals surface area (Å²) in [7, 11) is 0. The number of amides is 2.